The predicted octanol–water partition coefficient (Wildman–Crippen LogP) is 3.96. The van der Waals surface area contributed by atoms with Crippen molar-refractivity contribution in [2.75, 3.05) is 16.8 Å². The Bertz CT molecular complexity index is 1080. The Balaban J connectivity index is 1.77. The molecular weight excluding hydrogens is 402 g/mol. The van der Waals surface area contributed by atoms with Gasteiger partial charge in [-0.25, -0.2) is 0 Å². The van der Waals surface area contributed by atoms with Crippen molar-refractivity contribution in [3.63, 3.8) is 0 Å². The fourth-order valence-electron chi connectivity index (χ4n) is 5.03. The van der Waals surface area contributed by atoms with E-state index in [0.717, 1.165) is 37.8 Å². The summed E-state index contributed by atoms with van der Waals surface area (Å²) in [6.07, 6.45) is 5.19. The molecule has 4 rings (SSSR count). The molecule has 0 spiro atoms. The number of H-pyrrole nitrogens is 1. The van der Waals surface area contributed by atoms with Crippen molar-refractivity contribution >= 4 is 17.7 Å². The average Bonchev–Trinajstić information content (AvgIpc) is 2.78. The predicted molar refractivity (Wildman–Crippen MR) is 125 cm³/mol. The Kier molecular flexibility index (Phi) is 6.31. The van der Waals surface area contributed by atoms with Gasteiger partial charge in [0.1, 0.15) is 11.7 Å². The van der Waals surface area contributed by atoms with Gasteiger partial charge in [-0.3, -0.25) is 14.6 Å². The van der Waals surface area contributed by atoms with Crippen LogP contribution in [0.2, 0.25) is 0 Å². The second-order valence-electron chi connectivity index (χ2n) is 9.32. The average molecular weight is 434 g/mol. The lowest BCUT2D eigenvalue weighted by Gasteiger charge is -2.36. The van der Waals surface area contributed by atoms with E-state index >= 15 is 0 Å². The van der Waals surface area contributed by atoms with E-state index in [-0.39, 0.29) is 11.4 Å². The molecule has 2 aliphatic heterocycles. The summed E-state index contributed by atoms with van der Waals surface area (Å²) < 4.78 is 0. The molecule has 2 N–H and O–H groups in total. The smallest absolute Gasteiger partial charge is 0.258 e. The standard InChI is InChI=1S/C25H31N5O2/c1-4-18-7-5-6-12-30(18)25-28-22-21(24(32)29-25)20(19(14-26)23(31)27-22)17-10-8-16(9-11-17)13-15(2)3/h8-11,15,18-20H,4-7,12-13H2,1-3H3,(H2,27,28,29,31,32). The SMILES string of the molecule is CCC1CCCCN1c1nc2c(c(=O)[nH]1)C(c1ccc(CC(C)C)cc1)C(C#N)C(=O)N2. The van der Waals surface area contributed by atoms with E-state index in [1.807, 2.05) is 24.3 Å². The van der Waals surface area contributed by atoms with Crippen LogP contribution in [0.1, 0.15) is 69.1 Å². The van der Waals surface area contributed by atoms with Gasteiger partial charge in [-0.15, -0.1) is 0 Å². The van der Waals surface area contributed by atoms with Crippen molar-refractivity contribution in [1.29, 1.82) is 5.26 Å². The molecule has 0 bridgehead atoms. The van der Waals surface area contributed by atoms with Crippen LogP contribution in [0.4, 0.5) is 11.8 Å². The molecule has 0 saturated carbocycles. The molecule has 0 aliphatic carbocycles. The molecule has 168 valence electrons. The summed E-state index contributed by atoms with van der Waals surface area (Å²) in [6, 6.07) is 10.3. The van der Waals surface area contributed by atoms with Crippen LogP contribution in [0.25, 0.3) is 0 Å². The zero-order valence-electron chi connectivity index (χ0n) is 19.0. The molecule has 32 heavy (non-hydrogen) atoms. The van der Waals surface area contributed by atoms with Crippen molar-refractivity contribution in [2.24, 2.45) is 11.8 Å². The molecule has 0 radical (unpaired) electrons. The number of benzene rings is 1. The maximum atomic E-state index is 13.3. The summed E-state index contributed by atoms with van der Waals surface area (Å²) in [5.41, 5.74) is 2.05. The van der Waals surface area contributed by atoms with Crippen LogP contribution in [0.15, 0.2) is 29.1 Å². The zero-order valence-corrected chi connectivity index (χ0v) is 19.0. The van der Waals surface area contributed by atoms with Crippen molar-refractivity contribution < 1.29 is 4.79 Å². The van der Waals surface area contributed by atoms with Gasteiger partial charge in [-0.2, -0.15) is 10.2 Å². The Morgan fingerprint density at radius 3 is 2.62 bits per heavy atom. The molecule has 1 saturated heterocycles. The van der Waals surface area contributed by atoms with Gasteiger partial charge >= 0.3 is 0 Å². The first kappa shape index (κ1) is 22.1. The fourth-order valence-corrected chi connectivity index (χ4v) is 5.03. The molecule has 2 aliphatic rings. The van der Waals surface area contributed by atoms with Gasteiger partial charge in [0.2, 0.25) is 11.9 Å². The first-order chi connectivity index (χ1) is 15.4. The molecule has 1 amide bonds. The zero-order chi connectivity index (χ0) is 22.8. The monoisotopic (exact) mass is 433 g/mol. The lowest BCUT2D eigenvalue weighted by molar-refractivity contribution is -0.119. The summed E-state index contributed by atoms with van der Waals surface area (Å²) in [7, 11) is 0. The maximum Gasteiger partial charge on any atom is 0.258 e. The highest BCUT2D eigenvalue weighted by Crippen LogP contribution is 2.38. The summed E-state index contributed by atoms with van der Waals surface area (Å²) in [5, 5.41) is 12.5. The molecule has 2 aromatic rings. The first-order valence-electron chi connectivity index (χ1n) is 11.6. The number of rotatable bonds is 5. The number of nitrogens with one attached hydrogen (secondary N) is 2. The van der Waals surface area contributed by atoms with E-state index in [2.05, 4.69) is 47.0 Å². The molecule has 3 heterocycles. The van der Waals surface area contributed by atoms with Gasteiger partial charge in [-0.05, 0) is 49.1 Å². The van der Waals surface area contributed by atoms with Crippen LogP contribution in [0, 0.1) is 23.2 Å². The minimum Gasteiger partial charge on any atom is -0.339 e. The second-order valence-corrected chi connectivity index (χ2v) is 9.32. The van der Waals surface area contributed by atoms with Crippen LogP contribution in [-0.4, -0.2) is 28.5 Å². The van der Waals surface area contributed by atoms with Crippen LogP contribution < -0.4 is 15.8 Å². The van der Waals surface area contributed by atoms with Gasteiger partial charge in [0.25, 0.3) is 5.56 Å². The topological polar surface area (TPSA) is 102 Å². The number of carbonyl (C=O) groups excluding carboxylic acids is 1. The number of aromatic amines is 1. The van der Waals surface area contributed by atoms with E-state index in [1.165, 1.54) is 12.0 Å². The Labute approximate surface area is 188 Å². The van der Waals surface area contributed by atoms with E-state index in [9.17, 15) is 14.9 Å². The van der Waals surface area contributed by atoms with Gasteiger partial charge < -0.3 is 10.2 Å². The highest BCUT2D eigenvalue weighted by molar-refractivity contribution is 5.98. The van der Waals surface area contributed by atoms with Crippen molar-refractivity contribution in [1.82, 2.24) is 9.97 Å². The maximum absolute atomic E-state index is 13.3. The second kappa shape index (κ2) is 9.15. The van der Waals surface area contributed by atoms with Crippen LogP contribution >= 0.6 is 0 Å². The van der Waals surface area contributed by atoms with Gasteiger partial charge in [0, 0.05) is 18.5 Å². The molecule has 7 heteroatoms. The van der Waals surface area contributed by atoms with Crippen molar-refractivity contribution in [3.05, 3.63) is 51.3 Å². The number of piperidine rings is 1. The number of carbonyl (C=O) groups is 1. The van der Waals surface area contributed by atoms with Gasteiger partial charge in [0.15, 0.2) is 0 Å². The Morgan fingerprint density at radius 2 is 1.97 bits per heavy atom. The number of anilines is 2. The Morgan fingerprint density at radius 1 is 1.22 bits per heavy atom. The number of aromatic nitrogens is 2. The van der Waals surface area contributed by atoms with E-state index in [4.69, 9.17) is 0 Å². The number of nitrogens with zero attached hydrogens (tertiary/aromatic N) is 3. The van der Waals surface area contributed by atoms with E-state index < -0.39 is 17.7 Å². The fraction of sp³-hybridized carbons (Fsp3) is 0.520. The van der Waals surface area contributed by atoms with E-state index in [0.29, 0.717) is 23.5 Å². The molecule has 7 nitrogen and oxygen atoms in total. The third kappa shape index (κ3) is 4.14. The normalized spacial score (nSPS) is 22.9. The molecule has 3 atom stereocenters. The Hall–Kier alpha value is -3.14. The van der Waals surface area contributed by atoms with Crippen LogP contribution in [-0.2, 0) is 11.2 Å². The molecule has 3 unspecified atom stereocenters. The number of nitriles is 1. The largest absolute Gasteiger partial charge is 0.339 e. The quantitative estimate of drug-likeness (QED) is 0.743. The molecular formula is C25H31N5O2. The molecule has 1 aromatic carbocycles. The number of amides is 1. The molecule has 1 fully saturated rings. The highest BCUT2D eigenvalue weighted by atomic mass is 16.2. The van der Waals surface area contributed by atoms with Gasteiger partial charge in [0.05, 0.1) is 11.6 Å². The minimum atomic E-state index is -0.981. The van der Waals surface area contributed by atoms with Crippen molar-refractivity contribution in [3.8, 4) is 6.07 Å². The number of hydrogen-bond donors (Lipinski definition) is 2. The summed E-state index contributed by atoms with van der Waals surface area (Å²) in [5.74, 6) is -0.734. The van der Waals surface area contributed by atoms with Crippen LogP contribution in [0.5, 0.6) is 0 Å². The van der Waals surface area contributed by atoms with Crippen molar-refractivity contribution in [2.45, 2.75) is 64.8 Å². The lowest BCUT2D eigenvalue weighted by atomic mass is 9.79. The molecule has 1 aromatic heterocycles. The van der Waals surface area contributed by atoms with Crippen LogP contribution in [0.3, 0.4) is 0 Å². The summed E-state index contributed by atoms with van der Waals surface area (Å²) in [6.45, 7) is 7.29. The van der Waals surface area contributed by atoms with Gasteiger partial charge in [-0.1, -0.05) is 45.0 Å². The first-order valence-corrected chi connectivity index (χ1v) is 11.6. The third-order valence-electron chi connectivity index (χ3n) is 6.60. The summed E-state index contributed by atoms with van der Waals surface area (Å²) >= 11 is 0. The van der Waals surface area contributed by atoms with E-state index in [1.54, 1.807) is 0 Å². The number of hydrogen-bond acceptors (Lipinski definition) is 5. The lowest BCUT2D eigenvalue weighted by Crippen LogP contribution is -2.43. The highest BCUT2D eigenvalue weighted by Gasteiger charge is 2.40. The third-order valence-corrected chi connectivity index (χ3v) is 6.60. The number of fused-ring (bicyclic) bond motifs is 1. The minimum absolute atomic E-state index is 0.275. The summed E-state index contributed by atoms with van der Waals surface area (Å²) in [4.78, 5) is 35.9.